The molecule has 0 fully saturated rings. The Kier molecular flexibility index (Phi) is 10.4. The van der Waals surface area contributed by atoms with E-state index in [0.29, 0.717) is 0 Å². The fourth-order valence-corrected chi connectivity index (χ4v) is 1.88. The van der Waals surface area contributed by atoms with Crippen LogP contribution in [0.1, 0.15) is 78.6 Å². The molecule has 0 aliphatic carbocycles. The van der Waals surface area contributed by atoms with E-state index in [1.54, 1.807) is 0 Å². The first-order valence-corrected chi connectivity index (χ1v) is 6.81. The molecule has 0 saturated carbocycles. The predicted octanol–water partition coefficient (Wildman–Crippen LogP) is 4.53. The smallest absolute Gasteiger partial charge is 0.0512 e. The van der Waals surface area contributed by atoms with Gasteiger partial charge in [-0.2, -0.15) is 0 Å². The fraction of sp³-hybridized carbons (Fsp3) is 1.00. The molecular formula is C14H30O. The quantitative estimate of drug-likeness (QED) is 0.530. The third-order valence-corrected chi connectivity index (χ3v) is 2.90. The van der Waals surface area contributed by atoms with Crippen LogP contribution in [-0.4, -0.2) is 11.2 Å². The Balaban J connectivity index is 2.93. The molecule has 92 valence electrons. The molecule has 0 heterocycles. The van der Waals surface area contributed by atoms with Crippen molar-refractivity contribution >= 4 is 0 Å². The summed E-state index contributed by atoms with van der Waals surface area (Å²) in [6.45, 7) is 6.48. The molecule has 0 amide bonds. The minimum absolute atomic E-state index is 0.101. The molecule has 0 aliphatic heterocycles. The van der Waals surface area contributed by atoms with E-state index in [4.69, 9.17) is 5.11 Å². The zero-order chi connectivity index (χ0) is 11.5. The van der Waals surface area contributed by atoms with Crippen molar-refractivity contribution in [2.45, 2.75) is 84.7 Å². The van der Waals surface area contributed by atoms with Gasteiger partial charge in [0.05, 0.1) is 6.10 Å². The second-order valence-corrected chi connectivity index (χ2v) is 5.30. The highest BCUT2D eigenvalue weighted by atomic mass is 16.3. The van der Waals surface area contributed by atoms with Crippen molar-refractivity contribution in [3.8, 4) is 0 Å². The summed E-state index contributed by atoms with van der Waals surface area (Å²) in [6.07, 6.45) is 11.7. The molecule has 0 rings (SSSR count). The highest BCUT2D eigenvalue weighted by molar-refractivity contribution is 4.51. The summed E-state index contributed by atoms with van der Waals surface area (Å²) in [7, 11) is 0. The van der Waals surface area contributed by atoms with Crippen LogP contribution in [0.4, 0.5) is 0 Å². The van der Waals surface area contributed by atoms with Crippen LogP contribution in [0.2, 0.25) is 0 Å². The maximum Gasteiger partial charge on any atom is 0.0512 e. The average molecular weight is 214 g/mol. The van der Waals surface area contributed by atoms with E-state index >= 15 is 0 Å². The lowest BCUT2D eigenvalue weighted by Crippen LogP contribution is -1.98. The van der Waals surface area contributed by atoms with Crippen LogP contribution in [0.25, 0.3) is 0 Å². The zero-order valence-corrected chi connectivity index (χ0v) is 11.0. The molecule has 0 aliphatic rings. The first kappa shape index (κ1) is 15.0. The van der Waals surface area contributed by atoms with E-state index < -0.39 is 0 Å². The Morgan fingerprint density at radius 3 is 1.47 bits per heavy atom. The summed E-state index contributed by atoms with van der Waals surface area (Å²) in [5.74, 6) is 0.871. The van der Waals surface area contributed by atoms with Crippen molar-refractivity contribution in [3.05, 3.63) is 0 Å². The average Bonchev–Trinajstić information content (AvgIpc) is 2.14. The van der Waals surface area contributed by atoms with Gasteiger partial charge in [-0.15, -0.1) is 0 Å². The number of aliphatic hydroxyl groups excluding tert-OH is 1. The van der Waals surface area contributed by atoms with Crippen LogP contribution >= 0.6 is 0 Å². The predicted molar refractivity (Wildman–Crippen MR) is 68.1 cm³/mol. The number of hydrogen-bond acceptors (Lipinski definition) is 1. The first-order chi connectivity index (χ1) is 7.13. The van der Waals surface area contributed by atoms with Gasteiger partial charge in [-0.05, 0) is 19.3 Å². The minimum Gasteiger partial charge on any atom is -0.393 e. The topological polar surface area (TPSA) is 20.2 Å². The van der Waals surface area contributed by atoms with Crippen LogP contribution in [0, 0.1) is 5.92 Å². The van der Waals surface area contributed by atoms with Crippen molar-refractivity contribution in [1.29, 1.82) is 0 Å². The van der Waals surface area contributed by atoms with Gasteiger partial charge in [-0.3, -0.25) is 0 Å². The van der Waals surface area contributed by atoms with Crippen LogP contribution in [0.5, 0.6) is 0 Å². The Bertz CT molecular complexity index is 105. The molecule has 0 aromatic carbocycles. The van der Waals surface area contributed by atoms with E-state index in [-0.39, 0.29) is 6.10 Å². The molecule has 0 saturated heterocycles. The van der Waals surface area contributed by atoms with Crippen molar-refractivity contribution in [1.82, 2.24) is 0 Å². The van der Waals surface area contributed by atoms with Gasteiger partial charge in [0.2, 0.25) is 0 Å². The normalized spacial score (nSPS) is 13.4. The van der Waals surface area contributed by atoms with Gasteiger partial charge in [-0.1, -0.05) is 65.2 Å². The van der Waals surface area contributed by atoms with Crippen LogP contribution < -0.4 is 0 Å². The van der Waals surface area contributed by atoms with Gasteiger partial charge in [0.15, 0.2) is 0 Å². The fourth-order valence-electron chi connectivity index (χ4n) is 1.88. The Morgan fingerprint density at radius 2 is 1.07 bits per heavy atom. The minimum atomic E-state index is -0.101. The van der Waals surface area contributed by atoms with Crippen molar-refractivity contribution in [2.75, 3.05) is 0 Å². The van der Waals surface area contributed by atoms with Crippen LogP contribution in [0.3, 0.4) is 0 Å². The molecule has 0 aromatic rings. The summed E-state index contributed by atoms with van der Waals surface area (Å²) in [5, 5.41) is 9.08. The highest BCUT2D eigenvalue weighted by Gasteiger charge is 1.96. The SMILES string of the molecule is CC(C)CCCCCCCCCC(C)O. The second kappa shape index (κ2) is 10.5. The lowest BCUT2D eigenvalue weighted by atomic mass is 10.0. The lowest BCUT2D eigenvalue weighted by molar-refractivity contribution is 0.180. The van der Waals surface area contributed by atoms with Crippen molar-refractivity contribution in [3.63, 3.8) is 0 Å². The van der Waals surface area contributed by atoms with Gasteiger partial charge in [-0.25, -0.2) is 0 Å². The molecule has 15 heavy (non-hydrogen) atoms. The molecule has 1 unspecified atom stereocenters. The molecule has 0 radical (unpaired) electrons. The second-order valence-electron chi connectivity index (χ2n) is 5.30. The first-order valence-electron chi connectivity index (χ1n) is 6.81. The van der Waals surface area contributed by atoms with Crippen LogP contribution in [0.15, 0.2) is 0 Å². The number of unbranched alkanes of at least 4 members (excludes halogenated alkanes) is 6. The summed E-state index contributed by atoms with van der Waals surface area (Å²) >= 11 is 0. The molecule has 1 heteroatoms. The Labute approximate surface area is 96.3 Å². The monoisotopic (exact) mass is 214 g/mol. The zero-order valence-electron chi connectivity index (χ0n) is 11.0. The maximum atomic E-state index is 9.08. The molecule has 0 spiro atoms. The highest BCUT2D eigenvalue weighted by Crippen LogP contribution is 2.12. The standard InChI is InChI=1S/C14H30O/c1-13(2)11-9-7-5-4-6-8-10-12-14(3)15/h13-15H,4-12H2,1-3H3. The van der Waals surface area contributed by atoms with Gasteiger partial charge in [0.25, 0.3) is 0 Å². The van der Waals surface area contributed by atoms with Gasteiger partial charge < -0.3 is 5.11 Å². The Hall–Kier alpha value is -0.0400. The number of aliphatic hydroxyl groups is 1. The van der Waals surface area contributed by atoms with Crippen LogP contribution in [-0.2, 0) is 0 Å². The molecule has 0 aromatic heterocycles. The van der Waals surface area contributed by atoms with E-state index in [0.717, 1.165) is 12.3 Å². The summed E-state index contributed by atoms with van der Waals surface area (Å²) < 4.78 is 0. The molecule has 0 bridgehead atoms. The summed E-state index contributed by atoms with van der Waals surface area (Å²) in [4.78, 5) is 0. The van der Waals surface area contributed by atoms with E-state index in [1.165, 1.54) is 51.4 Å². The summed E-state index contributed by atoms with van der Waals surface area (Å²) in [6, 6.07) is 0. The van der Waals surface area contributed by atoms with Gasteiger partial charge >= 0.3 is 0 Å². The third-order valence-electron chi connectivity index (χ3n) is 2.90. The number of rotatable bonds is 10. The number of hydrogen-bond donors (Lipinski definition) is 1. The Morgan fingerprint density at radius 1 is 0.667 bits per heavy atom. The van der Waals surface area contributed by atoms with Gasteiger partial charge in [0, 0.05) is 0 Å². The van der Waals surface area contributed by atoms with E-state index in [2.05, 4.69) is 13.8 Å². The van der Waals surface area contributed by atoms with Gasteiger partial charge in [0.1, 0.15) is 0 Å². The molecule has 1 nitrogen and oxygen atoms in total. The summed E-state index contributed by atoms with van der Waals surface area (Å²) in [5.41, 5.74) is 0. The van der Waals surface area contributed by atoms with E-state index in [1.807, 2.05) is 6.92 Å². The maximum absolute atomic E-state index is 9.08. The van der Waals surface area contributed by atoms with E-state index in [9.17, 15) is 0 Å². The molecule has 1 N–H and O–H groups in total. The molecular weight excluding hydrogens is 184 g/mol. The molecule has 1 atom stereocenters. The largest absolute Gasteiger partial charge is 0.393 e. The lowest BCUT2D eigenvalue weighted by Gasteiger charge is -2.05. The third kappa shape index (κ3) is 14.0. The van der Waals surface area contributed by atoms with Crippen molar-refractivity contribution < 1.29 is 5.11 Å². The van der Waals surface area contributed by atoms with Crippen molar-refractivity contribution in [2.24, 2.45) is 5.92 Å².